The first-order chi connectivity index (χ1) is 12.7. The summed E-state index contributed by atoms with van der Waals surface area (Å²) in [4.78, 5) is 27.7. The second kappa shape index (κ2) is 6.67. The molecule has 0 saturated carbocycles. The van der Waals surface area contributed by atoms with Crippen molar-refractivity contribution in [2.24, 2.45) is 0 Å². The lowest BCUT2D eigenvalue weighted by molar-refractivity contribution is -0.118. The number of nitrogens with one attached hydrogen (secondary N) is 2. The maximum absolute atomic E-state index is 12.4. The van der Waals surface area contributed by atoms with Gasteiger partial charge in [-0.25, -0.2) is 9.67 Å². The van der Waals surface area contributed by atoms with Gasteiger partial charge in [-0.1, -0.05) is 12.1 Å². The largest absolute Gasteiger partial charge is 0.482 e. The van der Waals surface area contributed by atoms with E-state index in [2.05, 4.69) is 20.7 Å². The molecule has 0 fully saturated rings. The summed E-state index contributed by atoms with van der Waals surface area (Å²) in [6.45, 7) is 0.589. The Bertz CT molecular complexity index is 951. The molecule has 0 saturated heterocycles. The van der Waals surface area contributed by atoms with Gasteiger partial charge in [0.25, 0.3) is 11.8 Å². The van der Waals surface area contributed by atoms with Crippen LogP contribution in [0.2, 0.25) is 0 Å². The lowest BCUT2D eigenvalue weighted by atomic mass is 10.1. The number of ether oxygens (including phenoxy) is 1. The van der Waals surface area contributed by atoms with E-state index < -0.39 is 0 Å². The van der Waals surface area contributed by atoms with Crippen LogP contribution in [0.3, 0.4) is 0 Å². The summed E-state index contributed by atoms with van der Waals surface area (Å²) in [6, 6.07) is 12.4. The van der Waals surface area contributed by atoms with Gasteiger partial charge in [0.05, 0.1) is 12.2 Å². The molecule has 8 heteroatoms. The Labute approximate surface area is 148 Å². The van der Waals surface area contributed by atoms with Gasteiger partial charge in [0.2, 0.25) is 0 Å². The molecule has 4 rings (SSSR count). The quantitative estimate of drug-likeness (QED) is 0.750. The van der Waals surface area contributed by atoms with Crippen LogP contribution in [0.25, 0.3) is 0 Å². The number of nitrogens with zero attached hydrogens (tertiary/aromatic N) is 3. The van der Waals surface area contributed by atoms with Crippen molar-refractivity contribution >= 4 is 23.2 Å². The molecule has 130 valence electrons. The summed E-state index contributed by atoms with van der Waals surface area (Å²) in [6.07, 6.45) is 3.12. The molecule has 1 aliphatic heterocycles. The molecule has 8 nitrogen and oxygen atoms in total. The van der Waals surface area contributed by atoms with Crippen LogP contribution >= 0.6 is 0 Å². The molecule has 0 spiro atoms. The summed E-state index contributed by atoms with van der Waals surface area (Å²) in [5.41, 5.74) is 2.67. The van der Waals surface area contributed by atoms with Gasteiger partial charge in [-0.05, 0) is 35.9 Å². The molecule has 0 atom stereocenters. The predicted molar refractivity (Wildman–Crippen MR) is 94.1 cm³/mol. The molecule has 1 aliphatic rings. The van der Waals surface area contributed by atoms with E-state index in [0.29, 0.717) is 29.2 Å². The van der Waals surface area contributed by atoms with E-state index in [1.54, 1.807) is 41.3 Å². The summed E-state index contributed by atoms with van der Waals surface area (Å²) in [7, 11) is 0. The fourth-order valence-corrected chi connectivity index (χ4v) is 2.63. The number of hydrogen-bond donors (Lipinski definition) is 2. The Morgan fingerprint density at radius 1 is 1.23 bits per heavy atom. The third kappa shape index (κ3) is 3.39. The number of anilines is 2. The van der Waals surface area contributed by atoms with E-state index in [1.807, 2.05) is 12.1 Å². The number of rotatable bonds is 4. The molecule has 2 aromatic carbocycles. The van der Waals surface area contributed by atoms with Crippen LogP contribution < -0.4 is 15.4 Å². The van der Waals surface area contributed by atoms with Gasteiger partial charge in [-0.15, -0.1) is 0 Å². The van der Waals surface area contributed by atoms with Gasteiger partial charge >= 0.3 is 0 Å². The lowest BCUT2D eigenvalue weighted by Gasteiger charge is -2.18. The first-order valence-corrected chi connectivity index (χ1v) is 7.97. The van der Waals surface area contributed by atoms with Gasteiger partial charge in [-0.2, -0.15) is 5.10 Å². The van der Waals surface area contributed by atoms with Crippen molar-refractivity contribution in [1.29, 1.82) is 0 Å². The molecule has 1 aromatic heterocycles. The molecule has 2 heterocycles. The van der Waals surface area contributed by atoms with Crippen LogP contribution in [-0.2, 0) is 11.3 Å². The minimum Gasteiger partial charge on any atom is -0.482 e. The molecule has 0 bridgehead atoms. The van der Waals surface area contributed by atoms with Crippen molar-refractivity contribution in [1.82, 2.24) is 14.8 Å². The number of fused-ring (bicyclic) bond motifs is 1. The van der Waals surface area contributed by atoms with E-state index >= 15 is 0 Å². The van der Waals surface area contributed by atoms with Crippen molar-refractivity contribution in [2.45, 2.75) is 6.54 Å². The number of amides is 2. The zero-order valence-corrected chi connectivity index (χ0v) is 13.7. The van der Waals surface area contributed by atoms with Crippen LogP contribution in [0.1, 0.15) is 15.9 Å². The number of carbonyl (C=O) groups is 2. The maximum atomic E-state index is 12.4. The number of benzene rings is 2. The van der Waals surface area contributed by atoms with Crippen LogP contribution in [0.4, 0.5) is 11.4 Å². The predicted octanol–water partition coefficient (Wildman–Crippen LogP) is 1.91. The fraction of sp³-hybridized carbons (Fsp3) is 0.111. The van der Waals surface area contributed by atoms with E-state index in [4.69, 9.17) is 4.74 Å². The van der Waals surface area contributed by atoms with Crippen molar-refractivity contribution in [3.05, 3.63) is 66.2 Å². The number of hydrogen-bond acceptors (Lipinski definition) is 5. The van der Waals surface area contributed by atoms with Crippen LogP contribution in [0, 0.1) is 0 Å². The summed E-state index contributed by atoms with van der Waals surface area (Å²) < 4.78 is 7.01. The van der Waals surface area contributed by atoms with E-state index in [-0.39, 0.29) is 18.4 Å². The van der Waals surface area contributed by atoms with E-state index in [9.17, 15) is 9.59 Å². The van der Waals surface area contributed by atoms with E-state index in [0.717, 1.165) is 5.56 Å². The van der Waals surface area contributed by atoms with Crippen molar-refractivity contribution in [3.8, 4) is 5.75 Å². The highest BCUT2D eigenvalue weighted by Gasteiger charge is 2.16. The standard InChI is InChI=1S/C18H15N5O3/c24-17-9-26-16-6-5-14(7-15(16)22-17)21-18(25)13-3-1-12(2-4-13)8-23-11-19-10-20-23/h1-7,10-11H,8-9H2,(H,21,25)(H,22,24). The molecule has 26 heavy (non-hydrogen) atoms. The second-order valence-electron chi connectivity index (χ2n) is 5.79. The van der Waals surface area contributed by atoms with Crippen LogP contribution in [-0.4, -0.2) is 33.2 Å². The molecule has 3 aromatic rings. The fourth-order valence-electron chi connectivity index (χ4n) is 2.63. The summed E-state index contributed by atoms with van der Waals surface area (Å²) in [5.74, 6) is 0.129. The zero-order chi connectivity index (χ0) is 17.9. The third-order valence-corrected chi connectivity index (χ3v) is 3.90. The average molecular weight is 349 g/mol. The van der Waals surface area contributed by atoms with Gasteiger partial charge in [0.1, 0.15) is 18.4 Å². The SMILES string of the molecule is O=C1COc2ccc(NC(=O)c3ccc(Cn4cncn4)cc3)cc2N1. The first kappa shape index (κ1) is 15.8. The normalized spacial score (nSPS) is 12.7. The maximum Gasteiger partial charge on any atom is 0.262 e. The van der Waals surface area contributed by atoms with E-state index in [1.165, 1.54) is 6.33 Å². The molecule has 0 unspecified atom stereocenters. The van der Waals surface area contributed by atoms with Gasteiger partial charge in [0.15, 0.2) is 6.61 Å². The molecule has 2 N–H and O–H groups in total. The van der Waals surface area contributed by atoms with Crippen molar-refractivity contribution in [3.63, 3.8) is 0 Å². The first-order valence-electron chi connectivity index (χ1n) is 7.97. The number of carbonyl (C=O) groups excluding carboxylic acids is 2. The molecular weight excluding hydrogens is 334 g/mol. The van der Waals surface area contributed by atoms with Gasteiger partial charge in [-0.3, -0.25) is 9.59 Å². The summed E-state index contributed by atoms with van der Waals surface area (Å²) in [5, 5.41) is 9.58. The van der Waals surface area contributed by atoms with Crippen LogP contribution in [0.5, 0.6) is 5.75 Å². The Morgan fingerprint density at radius 3 is 2.85 bits per heavy atom. The lowest BCUT2D eigenvalue weighted by Crippen LogP contribution is -2.25. The van der Waals surface area contributed by atoms with Gasteiger partial charge in [0, 0.05) is 11.3 Å². The minimum absolute atomic E-state index is 0.000349. The summed E-state index contributed by atoms with van der Waals surface area (Å²) >= 11 is 0. The molecule has 0 aliphatic carbocycles. The molecule has 0 radical (unpaired) electrons. The van der Waals surface area contributed by atoms with Crippen LogP contribution in [0.15, 0.2) is 55.1 Å². The van der Waals surface area contributed by atoms with Gasteiger partial charge < -0.3 is 15.4 Å². The minimum atomic E-state index is -0.236. The Hall–Kier alpha value is -3.68. The smallest absolute Gasteiger partial charge is 0.262 e. The average Bonchev–Trinajstić information content (AvgIpc) is 3.15. The van der Waals surface area contributed by atoms with Crippen molar-refractivity contribution < 1.29 is 14.3 Å². The Morgan fingerprint density at radius 2 is 2.08 bits per heavy atom. The zero-order valence-electron chi connectivity index (χ0n) is 13.7. The molecule has 2 amide bonds. The highest BCUT2D eigenvalue weighted by atomic mass is 16.5. The monoisotopic (exact) mass is 349 g/mol. The van der Waals surface area contributed by atoms with Crippen molar-refractivity contribution in [2.75, 3.05) is 17.2 Å². The topological polar surface area (TPSA) is 98.1 Å². The highest BCUT2D eigenvalue weighted by molar-refractivity contribution is 6.05. The second-order valence-corrected chi connectivity index (χ2v) is 5.79. The third-order valence-electron chi connectivity index (χ3n) is 3.90. The Balaban J connectivity index is 1.44. The molecular formula is C18H15N5O3. The number of aromatic nitrogens is 3. The highest BCUT2D eigenvalue weighted by Crippen LogP contribution is 2.30. The Kier molecular flexibility index (Phi) is 4.06.